The molecule has 1 N–H and O–H groups in total. The summed E-state index contributed by atoms with van der Waals surface area (Å²) in [5.41, 5.74) is 2.30. The molecule has 0 aliphatic rings. The Morgan fingerprint density at radius 3 is 2.42 bits per heavy atom. The topological polar surface area (TPSA) is 58.4 Å². The summed E-state index contributed by atoms with van der Waals surface area (Å²) in [6.07, 6.45) is 0.718. The fourth-order valence-electron chi connectivity index (χ4n) is 2.93. The van der Waals surface area contributed by atoms with Crippen LogP contribution in [0.4, 0.5) is 0 Å². The van der Waals surface area contributed by atoms with Crippen molar-refractivity contribution in [2.24, 2.45) is 0 Å². The lowest BCUT2D eigenvalue weighted by Crippen LogP contribution is -2.26. The maximum Gasteiger partial charge on any atom is 0.254 e. The van der Waals surface area contributed by atoms with Crippen LogP contribution >= 0.6 is 0 Å². The monoisotopic (exact) mass is 349 g/mol. The molecule has 26 heavy (non-hydrogen) atoms. The first-order valence-electron chi connectivity index (χ1n) is 8.62. The largest absolute Gasteiger partial charge is 0.507 e. The van der Waals surface area contributed by atoms with Crippen molar-refractivity contribution in [2.45, 2.75) is 19.5 Å². The number of phenols is 1. The lowest BCUT2D eigenvalue weighted by molar-refractivity contribution is 0.395. The fraction of sp³-hybridized carbons (Fsp3) is 0.238. The molecule has 5 heteroatoms. The molecule has 0 fully saturated rings. The molecule has 0 atom stereocenters. The zero-order chi connectivity index (χ0) is 18.5. The second-order valence-corrected chi connectivity index (χ2v) is 6.55. The van der Waals surface area contributed by atoms with Crippen LogP contribution in [0.1, 0.15) is 11.3 Å². The van der Waals surface area contributed by atoms with E-state index in [9.17, 15) is 9.90 Å². The van der Waals surface area contributed by atoms with Crippen molar-refractivity contribution in [3.8, 4) is 17.1 Å². The summed E-state index contributed by atoms with van der Waals surface area (Å²) in [6, 6.07) is 18.6. The molecule has 0 amide bonds. The minimum absolute atomic E-state index is 0.106. The summed E-state index contributed by atoms with van der Waals surface area (Å²) in [7, 11) is 3.87. The van der Waals surface area contributed by atoms with Crippen LogP contribution in [0.2, 0.25) is 0 Å². The Hall–Kier alpha value is -2.92. The molecule has 0 aliphatic heterocycles. The molecule has 0 spiro atoms. The summed E-state index contributed by atoms with van der Waals surface area (Å²) < 4.78 is 1.64. The van der Waals surface area contributed by atoms with Gasteiger partial charge in [-0.1, -0.05) is 42.5 Å². The smallest absolute Gasteiger partial charge is 0.254 e. The first kappa shape index (κ1) is 17.9. The van der Waals surface area contributed by atoms with Gasteiger partial charge in [0.15, 0.2) is 0 Å². The third kappa shape index (κ3) is 4.18. The predicted molar refractivity (Wildman–Crippen MR) is 103 cm³/mol. The highest BCUT2D eigenvalue weighted by molar-refractivity contribution is 5.63. The quantitative estimate of drug-likeness (QED) is 0.743. The van der Waals surface area contributed by atoms with E-state index in [-0.39, 0.29) is 11.3 Å². The van der Waals surface area contributed by atoms with Gasteiger partial charge in [0.05, 0.1) is 11.3 Å². The van der Waals surface area contributed by atoms with Gasteiger partial charge in [-0.15, -0.1) is 0 Å². The summed E-state index contributed by atoms with van der Waals surface area (Å²) in [5.74, 6) is 0.623. The van der Waals surface area contributed by atoms with E-state index in [0.29, 0.717) is 30.2 Å². The van der Waals surface area contributed by atoms with Crippen LogP contribution in [0.5, 0.6) is 5.75 Å². The van der Waals surface area contributed by atoms with Gasteiger partial charge >= 0.3 is 0 Å². The molecule has 3 rings (SSSR count). The van der Waals surface area contributed by atoms with Gasteiger partial charge in [0, 0.05) is 19.2 Å². The highest BCUT2D eigenvalue weighted by atomic mass is 16.3. The van der Waals surface area contributed by atoms with Crippen molar-refractivity contribution in [1.29, 1.82) is 0 Å². The third-order valence-electron chi connectivity index (χ3n) is 4.15. The molecule has 0 aliphatic carbocycles. The fourth-order valence-corrected chi connectivity index (χ4v) is 2.93. The molecular weight excluding hydrogens is 326 g/mol. The average Bonchev–Trinajstić information content (AvgIpc) is 2.61. The first-order valence-corrected chi connectivity index (χ1v) is 8.62. The number of benzene rings is 2. The lowest BCUT2D eigenvalue weighted by Gasteiger charge is -2.16. The summed E-state index contributed by atoms with van der Waals surface area (Å²) in [5, 5.41) is 10.3. The van der Waals surface area contributed by atoms with Crippen LogP contribution in [-0.4, -0.2) is 33.7 Å². The van der Waals surface area contributed by atoms with Gasteiger partial charge in [-0.2, -0.15) is 0 Å². The van der Waals surface area contributed by atoms with Crippen molar-refractivity contribution in [1.82, 2.24) is 14.5 Å². The van der Waals surface area contributed by atoms with E-state index in [4.69, 9.17) is 0 Å². The molecular formula is C21H23N3O2. The molecule has 3 aromatic rings. The number of aryl methyl sites for hydroxylation is 1. The number of nitrogens with zero attached hydrogens (tertiary/aromatic N) is 3. The van der Waals surface area contributed by atoms with E-state index in [1.807, 2.05) is 55.4 Å². The van der Waals surface area contributed by atoms with Gasteiger partial charge in [-0.25, -0.2) is 4.98 Å². The second-order valence-electron chi connectivity index (χ2n) is 6.55. The molecule has 2 aromatic carbocycles. The van der Waals surface area contributed by atoms with Gasteiger partial charge in [0.2, 0.25) is 0 Å². The van der Waals surface area contributed by atoms with Crippen LogP contribution in [0, 0.1) is 0 Å². The number of rotatable bonds is 6. The average molecular weight is 349 g/mol. The van der Waals surface area contributed by atoms with Crippen molar-refractivity contribution < 1.29 is 5.11 Å². The zero-order valence-corrected chi connectivity index (χ0v) is 15.1. The van der Waals surface area contributed by atoms with Gasteiger partial charge in [-0.3, -0.25) is 9.36 Å². The van der Waals surface area contributed by atoms with E-state index in [2.05, 4.69) is 4.98 Å². The number of aromatic hydroxyl groups is 1. The number of para-hydroxylation sites is 1. The number of phenolic OH excluding ortho intramolecular Hbond substituents is 1. The standard InChI is InChI=1S/C21H23N3O2/c1-23(2)15-17-14-20(26)24(13-12-16-8-4-3-5-9-16)21(22-17)18-10-6-7-11-19(18)25/h3-11,14,25H,12-13,15H2,1-2H3. The summed E-state index contributed by atoms with van der Waals surface area (Å²) in [4.78, 5) is 19.4. The summed E-state index contributed by atoms with van der Waals surface area (Å²) >= 11 is 0. The minimum atomic E-state index is -0.106. The highest BCUT2D eigenvalue weighted by Crippen LogP contribution is 2.26. The molecule has 0 saturated carbocycles. The number of hydrogen-bond donors (Lipinski definition) is 1. The van der Waals surface area contributed by atoms with Crippen molar-refractivity contribution >= 4 is 0 Å². The van der Waals surface area contributed by atoms with Crippen LogP contribution in [0.15, 0.2) is 65.5 Å². The van der Waals surface area contributed by atoms with E-state index in [1.54, 1.807) is 28.8 Å². The highest BCUT2D eigenvalue weighted by Gasteiger charge is 2.14. The molecule has 134 valence electrons. The molecule has 0 unspecified atom stereocenters. The minimum Gasteiger partial charge on any atom is -0.507 e. The Balaban J connectivity index is 2.04. The van der Waals surface area contributed by atoms with Crippen LogP contribution < -0.4 is 5.56 Å². The Bertz CT molecular complexity index is 933. The van der Waals surface area contributed by atoms with Crippen molar-refractivity contribution in [3.05, 3.63) is 82.3 Å². The third-order valence-corrected chi connectivity index (χ3v) is 4.15. The zero-order valence-electron chi connectivity index (χ0n) is 15.1. The van der Waals surface area contributed by atoms with Gasteiger partial charge in [0.25, 0.3) is 5.56 Å². The second kappa shape index (κ2) is 7.97. The first-order chi connectivity index (χ1) is 12.5. The normalized spacial score (nSPS) is 11.0. The Kier molecular flexibility index (Phi) is 5.49. The SMILES string of the molecule is CN(C)Cc1cc(=O)n(CCc2ccccc2)c(-c2ccccc2O)n1. The van der Waals surface area contributed by atoms with Crippen LogP contribution in [0.25, 0.3) is 11.4 Å². The summed E-state index contributed by atoms with van der Waals surface area (Å²) in [6.45, 7) is 1.07. The van der Waals surface area contributed by atoms with Gasteiger partial charge in [0.1, 0.15) is 11.6 Å². The van der Waals surface area contributed by atoms with Crippen LogP contribution in [0.3, 0.4) is 0 Å². The van der Waals surface area contributed by atoms with Crippen LogP contribution in [-0.2, 0) is 19.5 Å². The lowest BCUT2D eigenvalue weighted by atomic mass is 10.1. The maximum atomic E-state index is 12.8. The van der Waals surface area contributed by atoms with E-state index in [0.717, 1.165) is 12.0 Å². The molecule has 5 nitrogen and oxygen atoms in total. The van der Waals surface area contributed by atoms with Crippen molar-refractivity contribution in [3.63, 3.8) is 0 Å². The van der Waals surface area contributed by atoms with E-state index < -0.39 is 0 Å². The number of hydrogen-bond acceptors (Lipinski definition) is 4. The van der Waals surface area contributed by atoms with E-state index in [1.165, 1.54) is 0 Å². The predicted octanol–water partition coefficient (Wildman–Crippen LogP) is 2.92. The maximum absolute atomic E-state index is 12.8. The van der Waals surface area contributed by atoms with Gasteiger partial charge < -0.3 is 10.0 Å². The Labute approximate surface area is 153 Å². The molecule has 0 radical (unpaired) electrons. The van der Waals surface area contributed by atoms with Crippen molar-refractivity contribution in [2.75, 3.05) is 14.1 Å². The molecule has 0 bridgehead atoms. The molecule has 0 saturated heterocycles. The molecule has 1 aromatic heterocycles. The Morgan fingerprint density at radius 1 is 1.04 bits per heavy atom. The Morgan fingerprint density at radius 2 is 1.73 bits per heavy atom. The molecule has 1 heterocycles. The van der Waals surface area contributed by atoms with E-state index >= 15 is 0 Å². The number of aromatic nitrogens is 2. The van der Waals surface area contributed by atoms with Gasteiger partial charge in [-0.05, 0) is 38.2 Å².